The van der Waals surface area contributed by atoms with Gasteiger partial charge in [-0.2, -0.15) is 0 Å². The van der Waals surface area contributed by atoms with Crippen molar-refractivity contribution in [2.75, 3.05) is 0 Å². The van der Waals surface area contributed by atoms with Gasteiger partial charge in [0.2, 0.25) is 5.91 Å². The molecule has 1 saturated carbocycles. The molecule has 0 spiro atoms. The molecule has 0 aromatic heterocycles. The average molecular weight is 318 g/mol. The second-order valence-electron chi connectivity index (χ2n) is 6.31. The number of aliphatic hydroxyl groups excluding tert-OH is 1. The zero-order valence-electron chi connectivity index (χ0n) is 13.8. The molecule has 1 aromatic rings. The molecule has 5 heteroatoms. The zero-order chi connectivity index (χ0) is 16.8. The Balaban J connectivity index is 1.92. The van der Waals surface area contributed by atoms with Gasteiger partial charge in [-0.3, -0.25) is 9.59 Å². The van der Waals surface area contributed by atoms with Crippen molar-refractivity contribution in [1.29, 1.82) is 0 Å². The van der Waals surface area contributed by atoms with Gasteiger partial charge in [-0.25, -0.2) is 0 Å². The van der Waals surface area contributed by atoms with Crippen LogP contribution in [-0.2, 0) is 11.3 Å². The number of nitrogens with one attached hydrogen (secondary N) is 2. The van der Waals surface area contributed by atoms with E-state index in [-0.39, 0.29) is 23.8 Å². The minimum absolute atomic E-state index is 0.0984. The van der Waals surface area contributed by atoms with Crippen molar-refractivity contribution in [3.05, 3.63) is 35.4 Å². The molecule has 5 nitrogen and oxygen atoms in total. The molecule has 1 aliphatic rings. The van der Waals surface area contributed by atoms with Crippen LogP contribution in [0, 0.1) is 5.92 Å². The van der Waals surface area contributed by atoms with Crippen LogP contribution in [0.2, 0.25) is 0 Å². The Morgan fingerprint density at radius 2 is 2.13 bits per heavy atom. The van der Waals surface area contributed by atoms with E-state index in [2.05, 4.69) is 10.6 Å². The van der Waals surface area contributed by atoms with Crippen molar-refractivity contribution in [3.63, 3.8) is 0 Å². The standard InChI is InChI=1S/C18H26N2O3/c1-3-12(2)20-17(22)14-7-4-6-13(10-14)11-19-18(23)15-8-5-9-16(15)21/h4,6-7,10,12,15-16,21H,3,5,8-9,11H2,1-2H3,(H,19,23)(H,20,22). The number of aliphatic hydroxyl groups is 1. The average Bonchev–Trinajstić information content (AvgIpc) is 2.98. The maximum Gasteiger partial charge on any atom is 0.251 e. The fourth-order valence-corrected chi connectivity index (χ4v) is 2.80. The van der Waals surface area contributed by atoms with Gasteiger partial charge >= 0.3 is 0 Å². The van der Waals surface area contributed by atoms with E-state index in [4.69, 9.17) is 0 Å². The molecular weight excluding hydrogens is 292 g/mol. The van der Waals surface area contributed by atoms with Crippen LogP contribution in [0.25, 0.3) is 0 Å². The van der Waals surface area contributed by atoms with Gasteiger partial charge in [0.1, 0.15) is 0 Å². The van der Waals surface area contributed by atoms with E-state index in [0.717, 1.165) is 24.8 Å². The first-order valence-electron chi connectivity index (χ1n) is 8.36. The van der Waals surface area contributed by atoms with E-state index in [9.17, 15) is 14.7 Å². The van der Waals surface area contributed by atoms with Crippen LogP contribution in [0.1, 0.15) is 55.5 Å². The molecule has 2 amide bonds. The van der Waals surface area contributed by atoms with Crippen molar-refractivity contribution in [2.45, 2.75) is 58.2 Å². The molecule has 0 saturated heterocycles. The maximum absolute atomic E-state index is 12.1. The van der Waals surface area contributed by atoms with Gasteiger partial charge in [-0.05, 0) is 50.3 Å². The van der Waals surface area contributed by atoms with Crippen LogP contribution >= 0.6 is 0 Å². The third-order valence-corrected chi connectivity index (χ3v) is 4.46. The van der Waals surface area contributed by atoms with Crippen LogP contribution in [0.5, 0.6) is 0 Å². The summed E-state index contributed by atoms with van der Waals surface area (Å²) in [4.78, 5) is 24.2. The van der Waals surface area contributed by atoms with Gasteiger partial charge < -0.3 is 15.7 Å². The van der Waals surface area contributed by atoms with Crippen molar-refractivity contribution in [1.82, 2.24) is 10.6 Å². The molecule has 3 unspecified atom stereocenters. The molecule has 3 atom stereocenters. The molecule has 0 radical (unpaired) electrons. The first-order valence-corrected chi connectivity index (χ1v) is 8.36. The van der Waals surface area contributed by atoms with E-state index in [1.54, 1.807) is 12.1 Å². The summed E-state index contributed by atoms with van der Waals surface area (Å²) in [5, 5.41) is 15.6. The van der Waals surface area contributed by atoms with Crippen molar-refractivity contribution < 1.29 is 14.7 Å². The third kappa shape index (κ3) is 4.79. The van der Waals surface area contributed by atoms with Crippen molar-refractivity contribution >= 4 is 11.8 Å². The number of rotatable bonds is 6. The number of benzene rings is 1. The number of hydrogen-bond donors (Lipinski definition) is 3. The molecular formula is C18H26N2O3. The monoisotopic (exact) mass is 318 g/mol. The van der Waals surface area contributed by atoms with Gasteiger partial charge in [-0.1, -0.05) is 19.1 Å². The Hall–Kier alpha value is -1.88. The molecule has 1 fully saturated rings. The Morgan fingerprint density at radius 1 is 1.35 bits per heavy atom. The fraction of sp³-hybridized carbons (Fsp3) is 0.556. The molecule has 1 aliphatic carbocycles. The summed E-state index contributed by atoms with van der Waals surface area (Å²) in [7, 11) is 0. The highest BCUT2D eigenvalue weighted by atomic mass is 16.3. The lowest BCUT2D eigenvalue weighted by molar-refractivity contribution is -0.127. The maximum atomic E-state index is 12.1. The number of amides is 2. The van der Waals surface area contributed by atoms with E-state index >= 15 is 0 Å². The largest absolute Gasteiger partial charge is 0.392 e. The molecule has 0 aliphatic heterocycles. The minimum atomic E-state index is -0.525. The van der Waals surface area contributed by atoms with Gasteiger partial charge in [0.25, 0.3) is 5.91 Å². The van der Waals surface area contributed by atoms with Gasteiger partial charge in [0.15, 0.2) is 0 Å². The smallest absolute Gasteiger partial charge is 0.251 e. The van der Waals surface area contributed by atoms with E-state index in [1.165, 1.54) is 0 Å². The predicted octanol–water partition coefficient (Wildman–Crippen LogP) is 1.99. The Kier molecular flexibility index (Phi) is 6.16. The highest BCUT2D eigenvalue weighted by Gasteiger charge is 2.31. The van der Waals surface area contributed by atoms with Crippen LogP contribution in [0.15, 0.2) is 24.3 Å². The molecule has 0 heterocycles. The topological polar surface area (TPSA) is 78.4 Å². The predicted molar refractivity (Wildman–Crippen MR) is 88.9 cm³/mol. The second kappa shape index (κ2) is 8.11. The molecule has 0 bridgehead atoms. The summed E-state index contributed by atoms with van der Waals surface area (Å²) in [6, 6.07) is 7.39. The second-order valence-corrected chi connectivity index (χ2v) is 6.31. The summed E-state index contributed by atoms with van der Waals surface area (Å²) >= 11 is 0. The van der Waals surface area contributed by atoms with E-state index in [1.807, 2.05) is 26.0 Å². The summed E-state index contributed by atoms with van der Waals surface area (Å²) in [6.07, 6.45) is 2.69. The van der Waals surface area contributed by atoms with Gasteiger partial charge in [0.05, 0.1) is 12.0 Å². The minimum Gasteiger partial charge on any atom is -0.392 e. The van der Waals surface area contributed by atoms with Crippen LogP contribution in [-0.4, -0.2) is 29.1 Å². The lowest BCUT2D eigenvalue weighted by Crippen LogP contribution is -2.34. The van der Waals surface area contributed by atoms with Crippen molar-refractivity contribution in [2.24, 2.45) is 5.92 Å². The molecule has 1 aromatic carbocycles. The first kappa shape index (κ1) is 17.5. The Bertz CT molecular complexity index is 559. The number of carbonyl (C=O) groups is 2. The Morgan fingerprint density at radius 3 is 2.78 bits per heavy atom. The Labute approximate surface area is 137 Å². The highest BCUT2D eigenvalue weighted by molar-refractivity contribution is 5.94. The lowest BCUT2D eigenvalue weighted by atomic mass is 10.0. The summed E-state index contributed by atoms with van der Waals surface area (Å²) in [5.74, 6) is -0.505. The van der Waals surface area contributed by atoms with Gasteiger partial charge in [0, 0.05) is 18.2 Å². The summed E-state index contributed by atoms with van der Waals surface area (Å²) in [6.45, 7) is 4.36. The lowest BCUT2D eigenvalue weighted by Gasteiger charge is -2.15. The normalized spacial score (nSPS) is 21.7. The fourth-order valence-electron chi connectivity index (χ4n) is 2.80. The van der Waals surface area contributed by atoms with E-state index < -0.39 is 6.10 Å². The van der Waals surface area contributed by atoms with Crippen LogP contribution in [0.4, 0.5) is 0 Å². The third-order valence-electron chi connectivity index (χ3n) is 4.46. The molecule has 23 heavy (non-hydrogen) atoms. The first-order chi connectivity index (χ1) is 11.0. The summed E-state index contributed by atoms with van der Waals surface area (Å²) in [5.41, 5.74) is 1.47. The van der Waals surface area contributed by atoms with Crippen molar-refractivity contribution in [3.8, 4) is 0 Å². The van der Waals surface area contributed by atoms with Crippen LogP contribution < -0.4 is 10.6 Å². The molecule has 126 valence electrons. The molecule has 2 rings (SSSR count). The molecule has 3 N–H and O–H groups in total. The number of carbonyl (C=O) groups excluding carboxylic acids is 2. The highest BCUT2D eigenvalue weighted by Crippen LogP contribution is 2.25. The zero-order valence-corrected chi connectivity index (χ0v) is 13.8. The van der Waals surface area contributed by atoms with E-state index in [0.29, 0.717) is 18.5 Å². The SMILES string of the molecule is CCC(C)NC(=O)c1cccc(CNC(=O)C2CCCC2O)c1. The van der Waals surface area contributed by atoms with Crippen LogP contribution in [0.3, 0.4) is 0 Å². The number of hydrogen-bond acceptors (Lipinski definition) is 3. The van der Waals surface area contributed by atoms with Gasteiger partial charge in [-0.15, -0.1) is 0 Å². The summed E-state index contributed by atoms with van der Waals surface area (Å²) < 4.78 is 0. The quantitative estimate of drug-likeness (QED) is 0.750.